The molecule has 0 aromatic heterocycles. The molecule has 1 saturated carbocycles. The molecule has 1 aliphatic carbocycles. The van der Waals surface area contributed by atoms with Gasteiger partial charge < -0.3 is 14.8 Å². The molecular weight excluding hydrogens is 238 g/mol. The first-order valence-corrected chi connectivity index (χ1v) is 7.53. The van der Waals surface area contributed by atoms with Crippen molar-refractivity contribution in [1.82, 2.24) is 0 Å². The molecule has 1 aromatic carbocycles. The summed E-state index contributed by atoms with van der Waals surface area (Å²) in [5.41, 5.74) is 1.16. The van der Waals surface area contributed by atoms with Crippen LogP contribution in [0, 0.1) is 5.92 Å². The maximum Gasteiger partial charge on any atom is 0.163 e. The number of nitrogens with one attached hydrogen (secondary N) is 1. The Morgan fingerprint density at radius 1 is 1.11 bits per heavy atom. The summed E-state index contributed by atoms with van der Waals surface area (Å²) in [5.74, 6) is 2.58. The molecule has 3 nitrogen and oxygen atoms in total. The van der Waals surface area contributed by atoms with Crippen LogP contribution in [0.5, 0.6) is 11.5 Å². The molecule has 19 heavy (non-hydrogen) atoms. The molecule has 2 aliphatic rings. The standard InChI is InChI=1S/C16H23NO2/c1-2-12-5-3-6-14(12)17-13-7-8-15-16(11-13)19-10-4-9-18-15/h7-8,11-12,14,17H,2-6,9-10H2,1H3. The van der Waals surface area contributed by atoms with Gasteiger partial charge in [-0.2, -0.15) is 0 Å². The fourth-order valence-corrected chi connectivity index (χ4v) is 3.18. The van der Waals surface area contributed by atoms with Gasteiger partial charge in [0, 0.05) is 24.2 Å². The van der Waals surface area contributed by atoms with Gasteiger partial charge in [0.15, 0.2) is 11.5 Å². The maximum atomic E-state index is 5.74. The Bertz CT molecular complexity index is 433. The highest BCUT2D eigenvalue weighted by Gasteiger charge is 2.25. The Balaban J connectivity index is 1.73. The summed E-state index contributed by atoms with van der Waals surface area (Å²) in [6.45, 7) is 3.79. The molecular formula is C16H23NO2. The van der Waals surface area contributed by atoms with E-state index in [4.69, 9.17) is 9.47 Å². The predicted molar refractivity (Wildman–Crippen MR) is 77.1 cm³/mol. The first-order valence-electron chi connectivity index (χ1n) is 7.53. The minimum atomic E-state index is 0.620. The lowest BCUT2D eigenvalue weighted by molar-refractivity contribution is 0.297. The van der Waals surface area contributed by atoms with Crippen molar-refractivity contribution in [2.24, 2.45) is 5.92 Å². The zero-order valence-corrected chi connectivity index (χ0v) is 11.7. The largest absolute Gasteiger partial charge is 0.490 e. The average Bonchev–Trinajstić information content (AvgIpc) is 2.74. The number of hydrogen-bond acceptors (Lipinski definition) is 3. The van der Waals surface area contributed by atoms with Gasteiger partial charge in [-0.05, 0) is 30.9 Å². The Kier molecular flexibility index (Phi) is 3.81. The second-order valence-corrected chi connectivity index (χ2v) is 5.56. The van der Waals surface area contributed by atoms with E-state index >= 15 is 0 Å². The zero-order chi connectivity index (χ0) is 13.1. The lowest BCUT2D eigenvalue weighted by atomic mass is 10.0. The molecule has 1 aromatic rings. The lowest BCUT2D eigenvalue weighted by Crippen LogP contribution is -2.23. The second-order valence-electron chi connectivity index (χ2n) is 5.56. The van der Waals surface area contributed by atoms with E-state index in [1.54, 1.807) is 0 Å². The van der Waals surface area contributed by atoms with Gasteiger partial charge in [0.1, 0.15) is 0 Å². The zero-order valence-electron chi connectivity index (χ0n) is 11.7. The Labute approximate surface area is 115 Å². The highest BCUT2D eigenvalue weighted by molar-refractivity contribution is 5.55. The van der Waals surface area contributed by atoms with E-state index in [1.807, 2.05) is 6.07 Å². The second kappa shape index (κ2) is 5.72. The van der Waals surface area contributed by atoms with Crippen LogP contribution in [0.25, 0.3) is 0 Å². The van der Waals surface area contributed by atoms with Crippen molar-refractivity contribution in [3.63, 3.8) is 0 Å². The van der Waals surface area contributed by atoms with E-state index in [0.717, 1.165) is 42.7 Å². The van der Waals surface area contributed by atoms with Gasteiger partial charge >= 0.3 is 0 Å². The SMILES string of the molecule is CCC1CCCC1Nc1ccc2c(c1)OCCCO2. The number of benzene rings is 1. The third-order valence-corrected chi connectivity index (χ3v) is 4.28. The van der Waals surface area contributed by atoms with Gasteiger partial charge in [-0.25, -0.2) is 0 Å². The van der Waals surface area contributed by atoms with Gasteiger partial charge in [-0.15, -0.1) is 0 Å². The first kappa shape index (κ1) is 12.6. The minimum absolute atomic E-state index is 0.620. The van der Waals surface area contributed by atoms with Crippen LogP contribution in [-0.2, 0) is 0 Å². The topological polar surface area (TPSA) is 30.5 Å². The van der Waals surface area contributed by atoms with E-state index in [1.165, 1.54) is 25.7 Å². The van der Waals surface area contributed by atoms with Crippen LogP contribution in [-0.4, -0.2) is 19.3 Å². The number of ether oxygens (including phenoxy) is 2. The smallest absolute Gasteiger partial charge is 0.163 e. The summed E-state index contributed by atoms with van der Waals surface area (Å²) < 4.78 is 11.4. The van der Waals surface area contributed by atoms with E-state index < -0.39 is 0 Å². The number of fused-ring (bicyclic) bond motifs is 1. The normalized spacial score (nSPS) is 25.9. The van der Waals surface area contributed by atoms with Crippen LogP contribution in [0.3, 0.4) is 0 Å². The summed E-state index contributed by atoms with van der Waals surface area (Å²) in [5, 5.41) is 3.68. The van der Waals surface area contributed by atoms with E-state index in [2.05, 4.69) is 24.4 Å². The fourth-order valence-electron chi connectivity index (χ4n) is 3.18. The third-order valence-electron chi connectivity index (χ3n) is 4.28. The molecule has 3 heteroatoms. The molecule has 104 valence electrons. The van der Waals surface area contributed by atoms with Crippen LogP contribution in [0.4, 0.5) is 5.69 Å². The molecule has 0 amide bonds. The van der Waals surface area contributed by atoms with E-state index in [-0.39, 0.29) is 0 Å². The Hall–Kier alpha value is -1.38. The van der Waals surface area contributed by atoms with Gasteiger partial charge in [-0.1, -0.05) is 19.8 Å². The quantitative estimate of drug-likeness (QED) is 0.896. The van der Waals surface area contributed by atoms with Crippen LogP contribution in [0.1, 0.15) is 39.0 Å². The van der Waals surface area contributed by atoms with Crippen LogP contribution >= 0.6 is 0 Å². The monoisotopic (exact) mass is 261 g/mol. The summed E-state index contributed by atoms with van der Waals surface area (Å²) in [6.07, 6.45) is 6.21. The van der Waals surface area contributed by atoms with Gasteiger partial charge in [0.25, 0.3) is 0 Å². The van der Waals surface area contributed by atoms with Gasteiger partial charge in [-0.3, -0.25) is 0 Å². The molecule has 1 aliphatic heterocycles. The van der Waals surface area contributed by atoms with E-state index in [9.17, 15) is 0 Å². The summed E-state index contributed by atoms with van der Waals surface area (Å²) >= 11 is 0. The van der Waals surface area contributed by atoms with E-state index in [0.29, 0.717) is 6.04 Å². The summed E-state index contributed by atoms with van der Waals surface area (Å²) in [7, 11) is 0. The van der Waals surface area contributed by atoms with Crippen molar-refractivity contribution < 1.29 is 9.47 Å². The fraction of sp³-hybridized carbons (Fsp3) is 0.625. The molecule has 1 heterocycles. The Morgan fingerprint density at radius 2 is 1.95 bits per heavy atom. The number of hydrogen-bond donors (Lipinski definition) is 1. The Morgan fingerprint density at radius 3 is 2.79 bits per heavy atom. The first-order chi connectivity index (χ1) is 9.36. The van der Waals surface area contributed by atoms with Crippen molar-refractivity contribution in [2.75, 3.05) is 18.5 Å². The lowest BCUT2D eigenvalue weighted by Gasteiger charge is -2.21. The highest BCUT2D eigenvalue weighted by Crippen LogP contribution is 2.35. The van der Waals surface area contributed by atoms with Gasteiger partial charge in [0.2, 0.25) is 0 Å². The van der Waals surface area contributed by atoms with Crippen molar-refractivity contribution in [3.05, 3.63) is 18.2 Å². The van der Waals surface area contributed by atoms with Crippen molar-refractivity contribution in [3.8, 4) is 11.5 Å². The van der Waals surface area contributed by atoms with Crippen LogP contribution < -0.4 is 14.8 Å². The molecule has 0 spiro atoms. The highest BCUT2D eigenvalue weighted by atomic mass is 16.5. The average molecular weight is 261 g/mol. The molecule has 3 rings (SSSR count). The van der Waals surface area contributed by atoms with Gasteiger partial charge in [0.05, 0.1) is 13.2 Å². The molecule has 2 unspecified atom stereocenters. The van der Waals surface area contributed by atoms with Crippen LogP contribution in [0.15, 0.2) is 18.2 Å². The molecule has 0 saturated heterocycles. The molecule has 0 bridgehead atoms. The van der Waals surface area contributed by atoms with Crippen molar-refractivity contribution in [2.45, 2.75) is 45.1 Å². The molecule has 2 atom stereocenters. The summed E-state index contributed by atoms with van der Waals surface area (Å²) in [4.78, 5) is 0. The summed E-state index contributed by atoms with van der Waals surface area (Å²) in [6, 6.07) is 6.85. The number of rotatable bonds is 3. The van der Waals surface area contributed by atoms with Crippen LogP contribution in [0.2, 0.25) is 0 Å². The molecule has 1 fully saturated rings. The number of anilines is 1. The third kappa shape index (κ3) is 2.80. The van der Waals surface area contributed by atoms with Crippen molar-refractivity contribution in [1.29, 1.82) is 0 Å². The molecule has 1 N–H and O–H groups in total. The van der Waals surface area contributed by atoms with Crippen molar-refractivity contribution >= 4 is 5.69 Å². The maximum absolute atomic E-state index is 5.74. The predicted octanol–water partition coefficient (Wildman–Crippen LogP) is 3.84. The minimum Gasteiger partial charge on any atom is -0.490 e. The molecule has 0 radical (unpaired) electrons.